The lowest BCUT2D eigenvalue weighted by Gasteiger charge is -2.55. The Morgan fingerprint density at radius 2 is 2.00 bits per heavy atom. The van der Waals surface area contributed by atoms with Crippen LogP contribution in [0, 0.1) is 35.5 Å². The highest BCUT2D eigenvalue weighted by atomic mass is 35.5. The highest BCUT2D eigenvalue weighted by Gasteiger charge is 2.56. The van der Waals surface area contributed by atoms with Gasteiger partial charge in [0.1, 0.15) is 17.2 Å². The number of anilines is 1. The van der Waals surface area contributed by atoms with E-state index in [9.17, 15) is 13.2 Å². The van der Waals surface area contributed by atoms with Crippen LogP contribution in [0.1, 0.15) is 93.4 Å². The summed E-state index contributed by atoms with van der Waals surface area (Å²) in [7, 11) is -0.594. The van der Waals surface area contributed by atoms with E-state index in [-0.39, 0.29) is 34.1 Å². The molecule has 12 heteroatoms. The van der Waals surface area contributed by atoms with Gasteiger partial charge in [-0.15, -0.1) is 0 Å². The van der Waals surface area contributed by atoms with Gasteiger partial charge in [0.2, 0.25) is 10.0 Å². The van der Waals surface area contributed by atoms with Gasteiger partial charge >= 0.3 is 0 Å². The molecule has 1 spiro atoms. The molecular weight excluding hydrogens is 714 g/mol. The molecule has 7 rings (SSSR count). The fourth-order valence-corrected chi connectivity index (χ4v) is 11.1. The average Bonchev–Trinajstić information content (AvgIpc) is 3.36. The van der Waals surface area contributed by atoms with Crippen molar-refractivity contribution >= 4 is 33.2 Å². The lowest BCUT2D eigenvalue weighted by molar-refractivity contribution is -0.0783. The van der Waals surface area contributed by atoms with Crippen LogP contribution in [-0.2, 0) is 32.5 Å². The standard InChI is InChI=1S/C41H54ClN3O7S/c1-26-9-7-17-41(50-6,21-37-43-34(23-49-5)27(2)52-37)33-13-11-30(33)22-45-24-40(16-8-10-31-20-32(42)15-18-39(31,40)4)25-51-36-14-12-29(19-35(36)45)38(46)44-53(47,48)28(26)3/h7,12,14-15,17,19-20,26,28,30,33H,8-11,13,16,18,21-25H2,1-6H3,(H,44,46)/b17-7+/t26-,28+,30-,33+,39?,40-,41+/m0/s1. The number of ether oxygens (including phenoxy) is 3. The number of allylic oxidation sites excluding steroid dienone is 5. The predicted molar refractivity (Wildman–Crippen MR) is 206 cm³/mol. The van der Waals surface area contributed by atoms with Crippen molar-refractivity contribution in [1.82, 2.24) is 9.71 Å². The van der Waals surface area contributed by atoms with E-state index in [1.54, 1.807) is 27.2 Å². The first-order valence-electron chi connectivity index (χ1n) is 19.0. The van der Waals surface area contributed by atoms with Gasteiger partial charge < -0.3 is 23.5 Å². The summed E-state index contributed by atoms with van der Waals surface area (Å²) in [6.07, 6.45) is 15.2. The van der Waals surface area contributed by atoms with Crippen molar-refractivity contribution in [3.05, 3.63) is 76.0 Å². The molecule has 1 unspecified atom stereocenters. The van der Waals surface area contributed by atoms with Crippen molar-refractivity contribution in [3.63, 3.8) is 0 Å². The van der Waals surface area contributed by atoms with E-state index < -0.39 is 26.8 Å². The molecular formula is C41H54ClN3O7S. The minimum Gasteiger partial charge on any atom is -0.491 e. The summed E-state index contributed by atoms with van der Waals surface area (Å²) >= 11 is 6.59. The molecule has 1 amide bonds. The van der Waals surface area contributed by atoms with Crippen LogP contribution in [0.15, 0.2) is 57.5 Å². The summed E-state index contributed by atoms with van der Waals surface area (Å²) < 4.78 is 54.5. The van der Waals surface area contributed by atoms with Gasteiger partial charge in [-0.05, 0) is 101 Å². The first kappa shape index (κ1) is 38.2. The number of aromatic nitrogens is 1. The van der Waals surface area contributed by atoms with Gasteiger partial charge in [0.15, 0.2) is 5.89 Å². The normalized spacial score (nSPS) is 34.7. The molecule has 2 fully saturated rings. The van der Waals surface area contributed by atoms with Gasteiger partial charge in [-0.25, -0.2) is 18.1 Å². The van der Waals surface area contributed by atoms with Crippen LogP contribution in [0.2, 0.25) is 0 Å². The number of hydrogen-bond donors (Lipinski definition) is 1. The van der Waals surface area contributed by atoms with Crippen molar-refractivity contribution in [2.24, 2.45) is 28.6 Å². The third kappa shape index (κ3) is 6.89. The maximum atomic E-state index is 13.7. The third-order valence-electron chi connectivity index (χ3n) is 13.5. The van der Waals surface area contributed by atoms with E-state index in [0.29, 0.717) is 44.2 Å². The molecule has 3 aliphatic carbocycles. The third-order valence-corrected chi connectivity index (χ3v) is 15.7. The molecule has 5 aliphatic rings. The van der Waals surface area contributed by atoms with E-state index >= 15 is 0 Å². The van der Waals surface area contributed by atoms with Gasteiger partial charge in [-0.2, -0.15) is 0 Å². The Hall–Kier alpha value is -3.12. The van der Waals surface area contributed by atoms with E-state index in [2.05, 4.69) is 34.8 Å². The second-order valence-electron chi connectivity index (χ2n) is 16.4. The SMILES string of the molecule is COCc1nc(C[C@]2(OC)/C=C/C[C@H](C)[C@@H](C)S(=O)(=O)NC(=O)c3ccc4c(c3)N(C[C@@H]3CC[C@H]32)C[C@@]2(CCCC3=CC(Cl)=CCC32C)CO4)oc1C. The summed E-state index contributed by atoms with van der Waals surface area (Å²) in [6, 6.07) is 5.33. The first-order valence-corrected chi connectivity index (χ1v) is 21.0. The van der Waals surface area contributed by atoms with E-state index in [4.69, 9.17) is 35.2 Å². The Morgan fingerprint density at radius 3 is 2.74 bits per heavy atom. The van der Waals surface area contributed by atoms with Gasteiger partial charge in [0.25, 0.3) is 5.91 Å². The fourth-order valence-electron chi connectivity index (χ4n) is 9.65. The first-order chi connectivity index (χ1) is 25.2. The maximum absolute atomic E-state index is 13.7. The number of methoxy groups -OCH3 is 2. The lowest BCUT2D eigenvalue weighted by Crippen LogP contribution is -2.56. The van der Waals surface area contributed by atoms with Crippen LogP contribution in [0.3, 0.4) is 0 Å². The Balaban J connectivity index is 1.33. The number of carbonyl (C=O) groups is 1. The number of nitrogens with one attached hydrogen (secondary N) is 1. The van der Waals surface area contributed by atoms with Crippen molar-refractivity contribution < 1.29 is 31.8 Å². The second kappa shape index (κ2) is 14.5. The summed E-state index contributed by atoms with van der Waals surface area (Å²) in [5.74, 6) is 1.46. The Bertz CT molecular complexity index is 1940. The molecule has 2 saturated carbocycles. The zero-order valence-corrected chi connectivity index (χ0v) is 33.4. The summed E-state index contributed by atoms with van der Waals surface area (Å²) in [4.78, 5) is 20.9. The fraction of sp³-hybridized carbons (Fsp3) is 0.610. The van der Waals surface area contributed by atoms with Crippen molar-refractivity contribution in [2.45, 2.75) is 96.5 Å². The molecule has 1 N–H and O–H groups in total. The number of aryl methyl sites for hydroxylation is 1. The number of carbonyl (C=O) groups excluding carboxylic acids is 1. The lowest BCUT2D eigenvalue weighted by atomic mass is 9.52. The maximum Gasteiger partial charge on any atom is 0.264 e. The van der Waals surface area contributed by atoms with Gasteiger partial charge in [0.05, 0.1) is 36.2 Å². The number of benzene rings is 1. The number of oxazole rings is 1. The summed E-state index contributed by atoms with van der Waals surface area (Å²) in [5.41, 5.74) is 2.08. The smallest absolute Gasteiger partial charge is 0.264 e. The molecule has 0 radical (unpaired) electrons. The van der Waals surface area contributed by atoms with Crippen molar-refractivity contribution in [3.8, 4) is 5.75 Å². The number of nitrogens with zero attached hydrogens (tertiary/aromatic N) is 2. The van der Waals surface area contributed by atoms with Crippen LogP contribution < -0.4 is 14.4 Å². The van der Waals surface area contributed by atoms with E-state index in [1.165, 1.54) is 5.57 Å². The zero-order chi connectivity index (χ0) is 37.8. The molecule has 1 aromatic heterocycles. The second-order valence-corrected chi connectivity index (χ2v) is 18.9. The molecule has 3 heterocycles. The predicted octanol–water partition coefficient (Wildman–Crippen LogP) is 7.66. The zero-order valence-electron chi connectivity index (χ0n) is 31.9. The monoisotopic (exact) mass is 767 g/mol. The number of sulfonamides is 1. The highest BCUT2D eigenvalue weighted by Crippen LogP contribution is 2.60. The molecule has 1 aromatic carbocycles. The van der Waals surface area contributed by atoms with E-state index in [0.717, 1.165) is 67.2 Å². The molecule has 10 nitrogen and oxygen atoms in total. The Kier molecular flexibility index (Phi) is 10.4. The van der Waals surface area contributed by atoms with Crippen molar-refractivity contribution in [1.29, 1.82) is 0 Å². The number of rotatable bonds is 5. The molecule has 7 atom stereocenters. The Labute approximate surface area is 319 Å². The van der Waals surface area contributed by atoms with Gasteiger partial charge in [-0.1, -0.05) is 49.2 Å². The average molecular weight is 768 g/mol. The molecule has 0 saturated heterocycles. The minimum absolute atomic E-state index is 0.120. The number of halogens is 1. The number of fused-ring (bicyclic) bond motifs is 4. The Morgan fingerprint density at radius 1 is 1.19 bits per heavy atom. The highest BCUT2D eigenvalue weighted by molar-refractivity contribution is 7.90. The topological polar surface area (TPSA) is 120 Å². The van der Waals surface area contributed by atoms with Crippen LogP contribution >= 0.6 is 11.6 Å². The van der Waals surface area contributed by atoms with E-state index in [1.807, 2.05) is 32.1 Å². The quantitative estimate of drug-likeness (QED) is 0.306. The summed E-state index contributed by atoms with van der Waals surface area (Å²) in [5, 5.41) is -0.0280. The molecule has 2 aromatic rings. The molecule has 288 valence electrons. The number of amides is 1. The van der Waals surface area contributed by atoms with Crippen molar-refractivity contribution in [2.75, 3.05) is 38.8 Å². The number of hydrogen-bond acceptors (Lipinski definition) is 9. The minimum atomic E-state index is -3.99. The molecule has 2 aliphatic heterocycles. The largest absolute Gasteiger partial charge is 0.491 e. The molecule has 2 bridgehead atoms. The van der Waals surface area contributed by atoms with Crippen LogP contribution in [0.4, 0.5) is 5.69 Å². The molecule has 53 heavy (non-hydrogen) atoms. The van der Waals surface area contributed by atoms with Gasteiger partial charge in [0, 0.05) is 48.7 Å². The van der Waals surface area contributed by atoms with Gasteiger partial charge in [-0.3, -0.25) is 4.79 Å². The van der Waals surface area contributed by atoms with Crippen LogP contribution in [0.5, 0.6) is 5.75 Å². The van der Waals surface area contributed by atoms with Crippen LogP contribution in [-0.4, -0.2) is 64.1 Å². The van der Waals surface area contributed by atoms with Crippen LogP contribution in [0.25, 0.3) is 0 Å². The summed E-state index contributed by atoms with van der Waals surface area (Å²) in [6.45, 7) is 10.1.